The van der Waals surface area contributed by atoms with Crippen molar-refractivity contribution in [2.75, 3.05) is 0 Å². The second-order valence-electron chi connectivity index (χ2n) is 7.82. The molecule has 0 fully saturated rings. The maximum absolute atomic E-state index is 11.7. The van der Waals surface area contributed by atoms with Crippen LogP contribution in [0, 0.1) is 6.92 Å². The molecule has 0 amide bonds. The van der Waals surface area contributed by atoms with E-state index in [1.165, 1.54) is 12.5 Å². The first-order valence-electron chi connectivity index (χ1n) is 10.6. The van der Waals surface area contributed by atoms with Gasteiger partial charge in [-0.1, -0.05) is 55.6 Å². The van der Waals surface area contributed by atoms with Crippen LogP contribution in [0.5, 0.6) is 11.5 Å². The van der Waals surface area contributed by atoms with Crippen LogP contribution in [0.4, 0.5) is 0 Å². The SMILES string of the molecule is C=C(C)C(=O)O/C=C\Oc1ccc(-c2ccc(-c3ccc(OC(=O)C(=C)C)cc3)cc2C)cc1. The van der Waals surface area contributed by atoms with Crippen molar-refractivity contribution < 1.29 is 23.8 Å². The van der Waals surface area contributed by atoms with E-state index in [0.717, 1.165) is 27.8 Å². The normalized spacial score (nSPS) is 10.6. The lowest BCUT2D eigenvalue weighted by atomic mass is 9.96. The lowest BCUT2D eigenvalue weighted by Gasteiger charge is -2.11. The van der Waals surface area contributed by atoms with Gasteiger partial charge in [-0.3, -0.25) is 0 Å². The molecule has 5 nitrogen and oxygen atoms in total. The Morgan fingerprint density at radius 2 is 1.26 bits per heavy atom. The van der Waals surface area contributed by atoms with E-state index in [0.29, 0.717) is 22.6 Å². The summed E-state index contributed by atoms with van der Waals surface area (Å²) in [5, 5.41) is 0. The lowest BCUT2D eigenvalue weighted by molar-refractivity contribution is -0.133. The van der Waals surface area contributed by atoms with Gasteiger partial charge >= 0.3 is 11.9 Å². The summed E-state index contributed by atoms with van der Waals surface area (Å²) in [7, 11) is 0. The highest BCUT2D eigenvalue weighted by atomic mass is 16.5. The molecule has 0 aliphatic heterocycles. The molecular formula is C29H26O5. The molecule has 0 atom stereocenters. The van der Waals surface area contributed by atoms with E-state index in [1.807, 2.05) is 36.4 Å². The van der Waals surface area contributed by atoms with E-state index >= 15 is 0 Å². The smallest absolute Gasteiger partial charge is 0.338 e. The molecule has 0 aliphatic rings. The molecule has 3 aromatic rings. The van der Waals surface area contributed by atoms with E-state index in [4.69, 9.17) is 14.2 Å². The number of carbonyl (C=O) groups excluding carboxylic acids is 2. The third kappa shape index (κ3) is 6.33. The van der Waals surface area contributed by atoms with Gasteiger partial charge in [0.15, 0.2) is 0 Å². The van der Waals surface area contributed by atoms with E-state index < -0.39 is 11.9 Å². The molecule has 0 aliphatic carbocycles. The first kappa shape index (κ1) is 24.3. The van der Waals surface area contributed by atoms with Crippen LogP contribution in [0.15, 0.2) is 104 Å². The molecule has 0 N–H and O–H groups in total. The van der Waals surface area contributed by atoms with Gasteiger partial charge in [-0.05, 0) is 72.9 Å². The second kappa shape index (κ2) is 11.0. The summed E-state index contributed by atoms with van der Waals surface area (Å²) in [6.45, 7) is 12.3. The Bertz CT molecular complexity index is 1250. The molecule has 0 unspecified atom stereocenters. The molecule has 0 radical (unpaired) electrons. The van der Waals surface area contributed by atoms with Crippen molar-refractivity contribution in [1.82, 2.24) is 0 Å². The van der Waals surface area contributed by atoms with Gasteiger partial charge in [0.1, 0.15) is 24.0 Å². The summed E-state index contributed by atoms with van der Waals surface area (Å²) in [5.74, 6) is 0.159. The van der Waals surface area contributed by atoms with Gasteiger partial charge < -0.3 is 14.2 Å². The quantitative estimate of drug-likeness (QED) is 0.162. The van der Waals surface area contributed by atoms with Crippen molar-refractivity contribution in [3.8, 4) is 33.8 Å². The molecule has 0 saturated heterocycles. The number of rotatable bonds is 8. The van der Waals surface area contributed by atoms with Crippen molar-refractivity contribution in [1.29, 1.82) is 0 Å². The highest BCUT2D eigenvalue weighted by Gasteiger charge is 2.08. The molecule has 3 aromatic carbocycles. The van der Waals surface area contributed by atoms with Gasteiger partial charge in [-0.25, -0.2) is 9.59 Å². The molecule has 172 valence electrons. The van der Waals surface area contributed by atoms with Gasteiger partial charge in [0, 0.05) is 11.1 Å². The van der Waals surface area contributed by atoms with Crippen LogP contribution in [-0.2, 0) is 14.3 Å². The fraction of sp³-hybridized carbons (Fsp3) is 0.103. The van der Waals surface area contributed by atoms with Crippen molar-refractivity contribution in [2.24, 2.45) is 0 Å². The summed E-state index contributed by atoms with van der Waals surface area (Å²) in [4.78, 5) is 23.0. The van der Waals surface area contributed by atoms with Crippen molar-refractivity contribution in [2.45, 2.75) is 20.8 Å². The molecule has 0 aromatic heterocycles. The van der Waals surface area contributed by atoms with Crippen LogP contribution in [0.3, 0.4) is 0 Å². The lowest BCUT2D eigenvalue weighted by Crippen LogP contribution is -2.07. The molecular weight excluding hydrogens is 428 g/mol. The van der Waals surface area contributed by atoms with Gasteiger partial charge in [0.2, 0.25) is 0 Å². The summed E-state index contributed by atoms with van der Waals surface area (Å²) >= 11 is 0. The van der Waals surface area contributed by atoms with E-state index in [9.17, 15) is 9.59 Å². The first-order chi connectivity index (χ1) is 16.2. The fourth-order valence-corrected chi connectivity index (χ4v) is 3.09. The van der Waals surface area contributed by atoms with E-state index in [2.05, 4.69) is 38.3 Å². The number of esters is 2. The van der Waals surface area contributed by atoms with Crippen molar-refractivity contribution in [3.63, 3.8) is 0 Å². The number of aryl methyl sites for hydroxylation is 1. The summed E-state index contributed by atoms with van der Waals surface area (Å²) in [6.07, 6.45) is 2.49. The fourth-order valence-electron chi connectivity index (χ4n) is 3.09. The van der Waals surface area contributed by atoms with Crippen LogP contribution in [-0.4, -0.2) is 11.9 Å². The van der Waals surface area contributed by atoms with Crippen LogP contribution in [0.1, 0.15) is 19.4 Å². The zero-order chi connectivity index (χ0) is 24.7. The highest BCUT2D eigenvalue weighted by Crippen LogP contribution is 2.30. The predicted octanol–water partition coefficient (Wildman–Crippen LogP) is 6.78. The van der Waals surface area contributed by atoms with Gasteiger partial charge in [-0.15, -0.1) is 0 Å². The average molecular weight is 455 g/mol. The average Bonchev–Trinajstić information content (AvgIpc) is 2.82. The molecule has 0 bridgehead atoms. The number of hydrogen-bond donors (Lipinski definition) is 0. The van der Waals surface area contributed by atoms with Crippen LogP contribution in [0.2, 0.25) is 0 Å². The zero-order valence-corrected chi connectivity index (χ0v) is 19.5. The van der Waals surface area contributed by atoms with Gasteiger partial charge in [0.25, 0.3) is 0 Å². The number of benzene rings is 3. The minimum Gasteiger partial charge on any atom is -0.462 e. The van der Waals surface area contributed by atoms with E-state index in [1.54, 1.807) is 26.0 Å². The zero-order valence-electron chi connectivity index (χ0n) is 19.5. The first-order valence-corrected chi connectivity index (χ1v) is 10.6. The minimum absolute atomic E-state index is 0.316. The highest BCUT2D eigenvalue weighted by molar-refractivity contribution is 5.89. The standard InChI is InChI=1S/C29H26O5/c1-19(2)28(30)33-17-16-32-25-11-8-23(9-12-25)27-15-10-24(18-21(27)5)22-6-13-26(14-7-22)34-29(31)20(3)4/h6-18H,1,3H2,2,4-5H3/b17-16-. The number of carbonyl (C=O) groups is 2. The van der Waals surface area contributed by atoms with Crippen molar-refractivity contribution >= 4 is 11.9 Å². The second-order valence-corrected chi connectivity index (χ2v) is 7.82. The van der Waals surface area contributed by atoms with E-state index in [-0.39, 0.29) is 0 Å². The van der Waals surface area contributed by atoms with Gasteiger partial charge in [0.05, 0.1) is 0 Å². The third-order valence-electron chi connectivity index (χ3n) is 4.92. The Morgan fingerprint density at radius 1 is 0.706 bits per heavy atom. The molecule has 5 heteroatoms. The molecule has 0 spiro atoms. The Kier molecular flexibility index (Phi) is 7.83. The van der Waals surface area contributed by atoms with Crippen molar-refractivity contribution in [3.05, 3.63) is 109 Å². The topological polar surface area (TPSA) is 61.8 Å². The number of hydrogen-bond acceptors (Lipinski definition) is 5. The molecule has 0 heterocycles. The summed E-state index contributed by atoms with van der Waals surface area (Å²) < 4.78 is 15.6. The third-order valence-corrected chi connectivity index (χ3v) is 4.92. The van der Waals surface area contributed by atoms with Crippen LogP contribution >= 0.6 is 0 Å². The Hall–Kier alpha value is -4.38. The maximum atomic E-state index is 11.7. The Labute approximate surface area is 199 Å². The summed E-state index contributed by atoms with van der Waals surface area (Å²) in [5.41, 5.74) is 6.04. The Balaban J connectivity index is 1.67. The van der Waals surface area contributed by atoms with Crippen LogP contribution in [0.25, 0.3) is 22.3 Å². The molecule has 34 heavy (non-hydrogen) atoms. The maximum Gasteiger partial charge on any atom is 0.338 e. The minimum atomic E-state index is -0.503. The van der Waals surface area contributed by atoms with Crippen LogP contribution < -0.4 is 9.47 Å². The largest absolute Gasteiger partial charge is 0.462 e. The monoisotopic (exact) mass is 454 g/mol. The summed E-state index contributed by atoms with van der Waals surface area (Å²) in [6, 6.07) is 21.3. The predicted molar refractivity (Wildman–Crippen MR) is 133 cm³/mol. The Morgan fingerprint density at radius 3 is 1.85 bits per heavy atom. The molecule has 0 saturated carbocycles. The number of ether oxygens (including phenoxy) is 3. The molecule has 3 rings (SSSR count). The van der Waals surface area contributed by atoms with Gasteiger partial charge in [-0.2, -0.15) is 0 Å².